The van der Waals surface area contributed by atoms with E-state index >= 15 is 0 Å². The maximum atomic E-state index is 14.4. The summed E-state index contributed by atoms with van der Waals surface area (Å²) >= 11 is 0. The second-order valence-electron chi connectivity index (χ2n) is 11.2. The lowest BCUT2D eigenvalue weighted by Crippen LogP contribution is -2.19. The van der Waals surface area contributed by atoms with Crippen LogP contribution >= 0.6 is 0 Å². The van der Waals surface area contributed by atoms with Gasteiger partial charge in [0.05, 0.1) is 23.7 Å². The summed E-state index contributed by atoms with van der Waals surface area (Å²) in [6.07, 6.45) is -6.62. The number of methoxy groups -OCH3 is 1. The Hall–Kier alpha value is -5.64. The lowest BCUT2D eigenvalue weighted by Gasteiger charge is -2.16. The fourth-order valence-electron chi connectivity index (χ4n) is 5.46. The molecule has 0 aliphatic carbocycles. The van der Waals surface area contributed by atoms with E-state index in [1.54, 1.807) is 71.0 Å². The zero-order valence-electron chi connectivity index (χ0n) is 27.4. The molecule has 5 N–H and O–H groups in total. The smallest absolute Gasteiger partial charge is 0.422 e. The summed E-state index contributed by atoms with van der Waals surface area (Å²) in [4.78, 5) is 0. The Labute approximate surface area is 287 Å². The van der Waals surface area contributed by atoms with E-state index < -0.39 is 31.6 Å². The molecule has 10 nitrogen and oxygen atoms in total. The van der Waals surface area contributed by atoms with Gasteiger partial charge in [-0.15, -0.1) is 0 Å². The van der Waals surface area contributed by atoms with Crippen LogP contribution in [0.1, 0.15) is 6.42 Å². The SMILES string of the molecule is COc1cccc(-c2ccc3c(N)nn(C)c3c2)c1OCC(F)(F)F.Nc1nn(CCCO)c2cc(-c3c(F)cccc3OCC(F)F)ccc12. The van der Waals surface area contributed by atoms with E-state index in [-0.39, 0.29) is 29.4 Å². The molecule has 0 saturated carbocycles. The second kappa shape index (κ2) is 15.5. The molecule has 0 saturated heterocycles. The largest absolute Gasteiger partial charge is 0.493 e. The molecule has 0 spiro atoms. The molecule has 270 valence electrons. The summed E-state index contributed by atoms with van der Waals surface area (Å²) in [5.74, 6) is 0.447. The number of aliphatic hydroxyl groups is 1. The normalized spacial score (nSPS) is 11.6. The molecule has 6 rings (SSSR count). The summed E-state index contributed by atoms with van der Waals surface area (Å²) in [6, 6.07) is 19.4. The lowest BCUT2D eigenvalue weighted by atomic mass is 10.0. The minimum atomic E-state index is -4.45. The molecule has 16 heteroatoms. The number of aliphatic hydroxyl groups excluding tert-OH is 1. The van der Waals surface area contributed by atoms with Crippen LogP contribution in [-0.2, 0) is 13.6 Å². The van der Waals surface area contributed by atoms with E-state index in [2.05, 4.69) is 10.2 Å². The highest BCUT2D eigenvalue weighted by Crippen LogP contribution is 2.40. The zero-order chi connectivity index (χ0) is 36.9. The number of aromatic nitrogens is 4. The number of rotatable bonds is 11. The number of hydrogen-bond donors (Lipinski definition) is 3. The summed E-state index contributed by atoms with van der Waals surface area (Å²) < 4.78 is 95.6. The topological polar surface area (TPSA) is 136 Å². The number of nitrogens with zero attached hydrogens (tertiary/aromatic N) is 4. The fraction of sp³-hybridized carbons (Fsp3) is 0.257. The van der Waals surface area contributed by atoms with Gasteiger partial charge in [0.15, 0.2) is 29.7 Å². The number of hydrogen-bond acceptors (Lipinski definition) is 8. The van der Waals surface area contributed by atoms with E-state index in [0.717, 1.165) is 10.9 Å². The van der Waals surface area contributed by atoms with Crippen molar-refractivity contribution in [3.05, 3.63) is 78.6 Å². The molecule has 0 unspecified atom stereocenters. The van der Waals surface area contributed by atoms with Crippen molar-refractivity contribution in [2.45, 2.75) is 25.6 Å². The Kier molecular flexibility index (Phi) is 11.1. The Bertz CT molecular complexity index is 2130. The molecule has 4 aromatic carbocycles. The summed E-state index contributed by atoms with van der Waals surface area (Å²) in [5.41, 5.74) is 14.9. The maximum absolute atomic E-state index is 14.4. The number of para-hydroxylation sites is 1. The minimum Gasteiger partial charge on any atom is -0.493 e. The van der Waals surface area contributed by atoms with Crippen LogP contribution in [0, 0.1) is 5.82 Å². The first-order valence-corrected chi connectivity index (χ1v) is 15.5. The summed E-state index contributed by atoms with van der Waals surface area (Å²) in [6.45, 7) is -1.78. The van der Waals surface area contributed by atoms with Crippen molar-refractivity contribution < 1.29 is 45.7 Å². The Balaban J connectivity index is 0.000000198. The van der Waals surface area contributed by atoms with Gasteiger partial charge >= 0.3 is 6.18 Å². The molecule has 2 aromatic heterocycles. The van der Waals surface area contributed by atoms with Gasteiger partial charge in [-0.25, -0.2) is 13.2 Å². The van der Waals surface area contributed by atoms with Crippen molar-refractivity contribution in [3.8, 4) is 39.5 Å². The molecule has 0 aliphatic rings. The van der Waals surface area contributed by atoms with Gasteiger partial charge in [-0.1, -0.05) is 30.3 Å². The van der Waals surface area contributed by atoms with Crippen molar-refractivity contribution in [2.75, 3.05) is 38.4 Å². The van der Waals surface area contributed by atoms with Crippen LogP contribution in [-0.4, -0.2) is 64.2 Å². The summed E-state index contributed by atoms with van der Waals surface area (Å²) in [7, 11) is 3.12. The Morgan fingerprint density at radius 3 is 2.18 bits per heavy atom. The van der Waals surface area contributed by atoms with E-state index in [1.807, 2.05) is 0 Å². The van der Waals surface area contributed by atoms with Crippen molar-refractivity contribution in [2.24, 2.45) is 7.05 Å². The third-order valence-electron chi connectivity index (χ3n) is 7.71. The first-order chi connectivity index (χ1) is 24.3. The van der Waals surface area contributed by atoms with E-state index in [9.17, 15) is 26.3 Å². The Morgan fingerprint density at radius 2 is 1.49 bits per heavy atom. The molecule has 0 atom stereocenters. The molecule has 51 heavy (non-hydrogen) atoms. The predicted molar refractivity (Wildman–Crippen MR) is 181 cm³/mol. The number of ether oxygens (including phenoxy) is 3. The zero-order valence-corrected chi connectivity index (χ0v) is 27.4. The molecule has 0 bridgehead atoms. The lowest BCUT2D eigenvalue weighted by molar-refractivity contribution is -0.153. The first kappa shape index (κ1) is 36.6. The number of benzene rings is 4. The average molecular weight is 717 g/mol. The van der Waals surface area contributed by atoms with Crippen LogP contribution in [0.2, 0.25) is 0 Å². The predicted octanol–water partition coefficient (Wildman–Crippen LogP) is 7.22. The van der Waals surface area contributed by atoms with Gasteiger partial charge in [0.1, 0.15) is 18.2 Å². The standard InChI is InChI=1S/C18H18F3N3O2.C17H16F3N3O2/c19-13-3-1-4-15(26-10-16(20)21)17(13)11-5-6-12-14(9-11)24(7-2-8-25)23-18(12)22;1-23-13-8-10(6-7-12(13)16(21)22-23)11-4-3-5-14(24-2)15(11)25-9-17(18,19)20/h1,3-6,9,16,25H,2,7-8,10H2,(H2,22,23);3-8H,9H2,1-2H3,(H2,21,22). The van der Waals surface area contributed by atoms with Crippen molar-refractivity contribution in [3.63, 3.8) is 0 Å². The van der Waals surface area contributed by atoms with Crippen LogP contribution < -0.4 is 25.7 Å². The number of nitrogens with two attached hydrogens (primary N) is 2. The molecule has 6 aromatic rings. The fourth-order valence-corrected chi connectivity index (χ4v) is 5.46. The number of anilines is 2. The number of fused-ring (bicyclic) bond motifs is 2. The third kappa shape index (κ3) is 8.40. The van der Waals surface area contributed by atoms with Crippen LogP contribution in [0.4, 0.5) is 38.0 Å². The number of aryl methyl sites for hydroxylation is 2. The Morgan fingerprint density at radius 1 is 0.843 bits per heavy atom. The van der Waals surface area contributed by atoms with Crippen molar-refractivity contribution >= 4 is 33.4 Å². The van der Waals surface area contributed by atoms with Crippen LogP contribution in [0.3, 0.4) is 0 Å². The highest BCUT2D eigenvalue weighted by atomic mass is 19.4. The molecule has 0 fully saturated rings. The van der Waals surface area contributed by atoms with Gasteiger partial charge in [-0.3, -0.25) is 9.36 Å². The highest BCUT2D eigenvalue weighted by molar-refractivity contribution is 5.94. The van der Waals surface area contributed by atoms with Gasteiger partial charge in [0, 0.05) is 36.5 Å². The van der Waals surface area contributed by atoms with Crippen molar-refractivity contribution in [1.29, 1.82) is 0 Å². The number of nitrogen functional groups attached to an aromatic ring is 2. The third-order valence-corrected chi connectivity index (χ3v) is 7.71. The average Bonchev–Trinajstić information content (AvgIpc) is 3.57. The van der Waals surface area contributed by atoms with E-state index in [1.165, 1.54) is 25.3 Å². The van der Waals surface area contributed by atoms with Gasteiger partial charge in [0.25, 0.3) is 6.43 Å². The molecular weight excluding hydrogens is 682 g/mol. The maximum Gasteiger partial charge on any atom is 0.422 e. The number of halogens is 6. The first-order valence-electron chi connectivity index (χ1n) is 15.5. The second-order valence-corrected chi connectivity index (χ2v) is 11.2. The van der Waals surface area contributed by atoms with Crippen LogP contribution in [0.15, 0.2) is 72.8 Å². The van der Waals surface area contributed by atoms with Crippen LogP contribution in [0.25, 0.3) is 44.1 Å². The van der Waals surface area contributed by atoms with E-state index in [4.69, 9.17) is 30.8 Å². The summed E-state index contributed by atoms with van der Waals surface area (Å²) in [5, 5.41) is 18.8. The van der Waals surface area contributed by atoms with Gasteiger partial charge in [-0.2, -0.15) is 23.4 Å². The quantitative estimate of drug-likeness (QED) is 0.120. The molecule has 2 heterocycles. The van der Waals surface area contributed by atoms with Gasteiger partial charge in [-0.05, 0) is 60.0 Å². The highest BCUT2D eigenvalue weighted by Gasteiger charge is 2.30. The van der Waals surface area contributed by atoms with Gasteiger partial charge in [0.2, 0.25) is 0 Å². The van der Waals surface area contributed by atoms with Gasteiger partial charge < -0.3 is 30.8 Å². The molecular formula is C35H34F6N6O4. The van der Waals surface area contributed by atoms with Crippen molar-refractivity contribution in [1.82, 2.24) is 19.6 Å². The van der Waals surface area contributed by atoms with Crippen LogP contribution in [0.5, 0.6) is 17.2 Å². The minimum absolute atomic E-state index is 0.000120. The monoisotopic (exact) mass is 716 g/mol. The molecule has 0 amide bonds. The number of alkyl halides is 5. The molecule has 0 aliphatic heterocycles. The molecule has 0 radical (unpaired) electrons. The van der Waals surface area contributed by atoms with E-state index in [0.29, 0.717) is 52.2 Å².